The molecule has 3 N–H and O–H groups in total. The molecule has 0 radical (unpaired) electrons. The molecule has 1 unspecified atom stereocenters. The molecule has 10 nitrogen and oxygen atoms in total. The summed E-state index contributed by atoms with van der Waals surface area (Å²) in [6.07, 6.45) is 5.58. The van der Waals surface area contributed by atoms with Gasteiger partial charge in [0, 0.05) is 68.3 Å². The number of hydrogen-bond acceptors (Lipinski definition) is 5. The van der Waals surface area contributed by atoms with E-state index in [0.29, 0.717) is 58.2 Å². The lowest BCUT2D eigenvalue weighted by atomic mass is 9.88. The van der Waals surface area contributed by atoms with E-state index in [2.05, 4.69) is 5.32 Å². The molecule has 2 amide bonds. The minimum Gasteiger partial charge on any atom is -0.455 e. The molecule has 2 aliphatic rings. The average Bonchev–Trinajstić information content (AvgIpc) is 3.71. The zero-order valence-corrected chi connectivity index (χ0v) is 27.4. The van der Waals surface area contributed by atoms with Crippen LogP contribution < -0.4 is 9.62 Å². The zero-order chi connectivity index (χ0) is 32.1. The lowest BCUT2D eigenvalue weighted by Crippen LogP contribution is -2.39. The number of rotatable bonds is 8. The smallest absolute Gasteiger partial charge is 0.275 e. The van der Waals surface area contributed by atoms with E-state index >= 15 is 0 Å². The minimum atomic E-state index is -1.35. The Labute approximate surface area is 274 Å². The third kappa shape index (κ3) is 6.03. The number of fused-ring (bicyclic) bond motifs is 2. The maximum absolute atomic E-state index is 14.1. The molecule has 5 aromatic rings. The largest absolute Gasteiger partial charge is 0.455 e. The van der Waals surface area contributed by atoms with Gasteiger partial charge in [0.05, 0.1) is 16.8 Å². The van der Waals surface area contributed by atoms with Crippen LogP contribution in [0.3, 0.4) is 0 Å². The maximum atomic E-state index is 14.1. The van der Waals surface area contributed by atoms with E-state index in [0.717, 1.165) is 35.9 Å². The van der Waals surface area contributed by atoms with Crippen molar-refractivity contribution in [3.63, 3.8) is 0 Å². The highest BCUT2D eigenvalue weighted by atomic mass is 32.2. The van der Waals surface area contributed by atoms with Gasteiger partial charge >= 0.3 is 0 Å². The number of carbonyl (C=O) groups excluding carboxylic acids is 2. The summed E-state index contributed by atoms with van der Waals surface area (Å²) in [7, 11) is 1.96. The fourth-order valence-corrected chi connectivity index (χ4v) is 7.01. The number of piperidine rings is 1. The second-order valence-corrected chi connectivity index (χ2v) is 13.7. The molecule has 1 aliphatic heterocycles. The van der Waals surface area contributed by atoms with Gasteiger partial charge in [-0.05, 0) is 73.6 Å². The molecule has 2 fully saturated rings. The number of benzene rings is 3. The first kappa shape index (κ1) is 32.4. The Balaban J connectivity index is 0.00000386. The number of nitrogens with zero attached hydrogens (tertiary/aromatic N) is 4. The molecule has 12 heteroatoms. The summed E-state index contributed by atoms with van der Waals surface area (Å²) >= 11 is 0. The molecule has 0 spiro atoms. The topological polar surface area (TPSA) is 132 Å². The first-order chi connectivity index (χ1) is 22.2. The van der Waals surface area contributed by atoms with E-state index in [1.807, 2.05) is 46.0 Å². The van der Waals surface area contributed by atoms with Gasteiger partial charge in [-0.3, -0.25) is 18.6 Å². The lowest BCUT2D eigenvalue weighted by Gasteiger charge is -2.34. The van der Waals surface area contributed by atoms with Crippen LogP contribution in [0.1, 0.15) is 58.0 Å². The van der Waals surface area contributed by atoms with Gasteiger partial charge in [0.2, 0.25) is 0 Å². The number of para-hydroxylation sites is 1. The van der Waals surface area contributed by atoms with Crippen molar-refractivity contribution < 1.29 is 28.1 Å². The van der Waals surface area contributed by atoms with E-state index in [1.165, 1.54) is 25.0 Å². The molecule has 2 aromatic heterocycles. The quantitative estimate of drug-likeness (QED) is 0.242. The van der Waals surface area contributed by atoms with E-state index in [1.54, 1.807) is 36.8 Å². The number of aromatic nitrogens is 2. The van der Waals surface area contributed by atoms with Crippen LogP contribution in [0.15, 0.2) is 65.1 Å². The summed E-state index contributed by atoms with van der Waals surface area (Å²) in [6, 6.07) is 17.5. The van der Waals surface area contributed by atoms with E-state index in [-0.39, 0.29) is 23.2 Å². The van der Waals surface area contributed by atoms with Crippen molar-refractivity contribution in [2.75, 3.05) is 37.7 Å². The number of halogens is 1. The number of nitrogens with one attached hydrogen (secondary N) is 1. The highest BCUT2D eigenvalue weighted by Crippen LogP contribution is 2.42. The maximum Gasteiger partial charge on any atom is 0.275 e. The van der Waals surface area contributed by atoms with Gasteiger partial charge in [-0.1, -0.05) is 18.2 Å². The number of anilines is 1. The second kappa shape index (κ2) is 12.9. The summed E-state index contributed by atoms with van der Waals surface area (Å²) in [5, 5.41) is 9.00. The van der Waals surface area contributed by atoms with Crippen LogP contribution in [0.25, 0.3) is 33.2 Å². The van der Waals surface area contributed by atoms with Gasteiger partial charge in [0.15, 0.2) is 5.69 Å². The first-order valence-electron chi connectivity index (χ1n) is 15.6. The number of hydrogen-bond donors (Lipinski definition) is 1. The predicted octanol–water partition coefficient (Wildman–Crippen LogP) is 5.28. The molecule has 47 heavy (non-hydrogen) atoms. The molecule has 2 atom stereocenters. The molecule has 246 valence electrons. The van der Waals surface area contributed by atoms with Crippen LogP contribution in [-0.4, -0.2) is 69.6 Å². The predicted molar refractivity (Wildman–Crippen MR) is 181 cm³/mol. The van der Waals surface area contributed by atoms with Crippen LogP contribution in [0.2, 0.25) is 0 Å². The average molecular weight is 660 g/mol. The van der Waals surface area contributed by atoms with Crippen molar-refractivity contribution in [3.05, 3.63) is 83.3 Å². The monoisotopic (exact) mass is 659 g/mol. The standard InChI is InChI=1S/C35H36FN5O4S.H2O/c1-37-34(42)31-27-17-26(29(39(2)46(3)44)18-30(27)45-33(31)22-12-14-24(36)15-13-22)23-7-6-16-40(20-23)35(43)32-25-8-4-5-9-28(25)41(38-32)19-21-10-11-21;/h4-5,8-9,12-15,17-18,21,23H,6-7,10-11,16,19-20H2,1-3H3,(H,37,42);1H2/t23-,46?;/m0./s1. The van der Waals surface area contributed by atoms with Crippen LogP contribution in [0, 0.1) is 11.7 Å². The second-order valence-electron chi connectivity index (χ2n) is 12.3. The molecule has 1 saturated carbocycles. The summed E-state index contributed by atoms with van der Waals surface area (Å²) in [6.45, 7) is 1.87. The third-order valence-electron chi connectivity index (χ3n) is 9.26. The summed E-state index contributed by atoms with van der Waals surface area (Å²) in [5.74, 6) is 0.0246. The van der Waals surface area contributed by atoms with Crippen molar-refractivity contribution in [3.8, 4) is 11.3 Å². The summed E-state index contributed by atoms with van der Waals surface area (Å²) in [4.78, 5) is 29.3. The number of furan rings is 1. The fourth-order valence-electron chi connectivity index (χ4n) is 6.58. The van der Waals surface area contributed by atoms with Gasteiger partial charge < -0.3 is 20.1 Å². The Morgan fingerprint density at radius 2 is 1.83 bits per heavy atom. The minimum absolute atomic E-state index is 0. The van der Waals surface area contributed by atoms with Crippen LogP contribution in [0.4, 0.5) is 10.1 Å². The van der Waals surface area contributed by atoms with Crippen molar-refractivity contribution in [1.29, 1.82) is 0 Å². The summed E-state index contributed by atoms with van der Waals surface area (Å²) < 4.78 is 36.5. The van der Waals surface area contributed by atoms with Crippen molar-refractivity contribution >= 4 is 50.4 Å². The highest BCUT2D eigenvalue weighted by molar-refractivity contribution is 7.85. The fraction of sp³-hybridized carbons (Fsp3) is 0.343. The number of likely N-dealkylation sites (tertiary alicyclic amines) is 1. The third-order valence-corrected chi connectivity index (χ3v) is 10.2. The lowest BCUT2D eigenvalue weighted by molar-refractivity contribution is 0.0702. The van der Waals surface area contributed by atoms with Crippen molar-refractivity contribution in [1.82, 2.24) is 20.0 Å². The molecular formula is C35H38FN5O5S. The van der Waals surface area contributed by atoms with E-state index in [4.69, 9.17) is 9.52 Å². The van der Waals surface area contributed by atoms with Crippen molar-refractivity contribution in [2.24, 2.45) is 5.92 Å². The molecule has 0 bridgehead atoms. The molecule has 1 aliphatic carbocycles. The van der Waals surface area contributed by atoms with Crippen LogP contribution >= 0.6 is 0 Å². The molecule has 1 saturated heterocycles. The van der Waals surface area contributed by atoms with Gasteiger partial charge in [-0.2, -0.15) is 5.10 Å². The number of amides is 2. The Kier molecular flexibility index (Phi) is 8.91. The van der Waals surface area contributed by atoms with Gasteiger partial charge in [0.25, 0.3) is 11.8 Å². The molecule has 3 aromatic carbocycles. The Morgan fingerprint density at radius 3 is 2.53 bits per heavy atom. The molecule has 3 heterocycles. The zero-order valence-electron chi connectivity index (χ0n) is 26.6. The normalized spacial score (nSPS) is 17.0. The Hall–Kier alpha value is -4.55. The highest BCUT2D eigenvalue weighted by Gasteiger charge is 2.33. The van der Waals surface area contributed by atoms with E-state index in [9.17, 15) is 18.2 Å². The van der Waals surface area contributed by atoms with Crippen LogP contribution in [0.5, 0.6) is 0 Å². The molecular weight excluding hydrogens is 621 g/mol. The van der Waals surface area contributed by atoms with Crippen LogP contribution in [-0.2, 0) is 17.5 Å². The Bertz CT molecular complexity index is 2000. The SMILES string of the molecule is CNC(=O)c1c(-c2ccc(F)cc2)oc2cc(N(C)S(C)=O)c([C@H]3CCCN(C(=O)c4nn(CC5CC5)c5ccccc45)C3)cc12.O. The van der Waals surface area contributed by atoms with Gasteiger partial charge in [-0.25, -0.2) is 8.60 Å². The first-order valence-corrected chi connectivity index (χ1v) is 17.2. The van der Waals surface area contributed by atoms with Gasteiger partial charge in [-0.15, -0.1) is 0 Å². The summed E-state index contributed by atoms with van der Waals surface area (Å²) in [5.41, 5.74) is 4.39. The number of carbonyl (C=O) groups is 2. The van der Waals surface area contributed by atoms with Gasteiger partial charge in [0.1, 0.15) is 28.1 Å². The Morgan fingerprint density at radius 1 is 1.09 bits per heavy atom. The molecule has 7 rings (SSSR count). The van der Waals surface area contributed by atoms with E-state index < -0.39 is 16.8 Å². The van der Waals surface area contributed by atoms with Crippen molar-refractivity contribution in [2.45, 2.75) is 38.1 Å².